The Balaban J connectivity index is 1.92. The Morgan fingerprint density at radius 2 is 2.11 bits per heavy atom. The molecule has 4 heteroatoms. The summed E-state index contributed by atoms with van der Waals surface area (Å²) in [5, 5.41) is 3.67. The molecule has 1 aliphatic rings. The van der Waals surface area contributed by atoms with Gasteiger partial charge in [0.1, 0.15) is 11.5 Å². The third-order valence-electron chi connectivity index (χ3n) is 4.02. The SMILES string of the molecule is NCC1(Nc2cccc3nccn23)CCCCC1. The molecule has 1 fully saturated rings. The fraction of sp³-hybridized carbons (Fsp3) is 0.500. The van der Waals surface area contributed by atoms with Crippen LogP contribution in [0.25, 0.3) is 5.65 Å². The summed E-state index contributed by atoms with van der Waals surface area (Å²) in [4.78, 5) is 4.31. The van der Waals surface area contributed by atoms with Gasteiger partial charge in [-0.2, -0.15) is 0 Å². The summed E-state index contributed by atoms with van der Waals surface area (Å²) < 4.78 is 2.09. The van der Waals surface area contributed by atoms with Crippen LogP contribution in [0.4, 0.5) is 5.82 Å². The lowest BCUT2D eigenvalue weighted by molar-refractivity contribution is 0.330. The molecule has 18 heavy (non-hydrogen) atoms. The number of imidazole rings is 1. The standard InChI is InChI=1S/C14H20N4/c15-11-14(7-2-1-3-8-14)17-13-6-4-5-12-16-9-10-18(12)13/h4-6,9-10,17H,1-3,7-8,11,15H2. The van der Waals surface area contributed by atoms with E-state index in [0.717, 1.165) is 24.3 Å². The first-order valence-corrected chi connectivity index (χ1v) is 6.73. The second kappa shape index (κ2) is 4.61. The zero-order chi connectivity index (χ0) is 12.4. The number of rotatable bonds is 3. The number of nitrogens with two attached hydrogens (primary N) is 1. The van der Waals surface area contributed by atoms with Gasteiger partial charge in [-0.25, -0.2) is 4.98 Å². The molecule has 0 aliphatic heterocycles. The normalized spacial score (nSPS) is 18.9. The highest BCUT2D eigenvalue weighted by atomic mass is 15.1. The smallest absolute Gasteiger partial charge is 0.138 e. The van der Waals surface area contributed by atoms with Crippen molar-refractivity contribution in [3.63, 3.8) is 0 Å². The Labute approximate surface area is 107 Å². The lowest BCUT2D eigenvalue weighted by Gasteiger charge is -2.38. The van der Waals surface area contributed by atoms with Crippen molar-refractivity contribution in [1.29, 1.82) is 0 Å². The zero-order valence-electron chi connectivity index (χ0n) is 10.6. The van der Waals surface area contributed by atoms with Crippen molar-refractivity contribution in [1.82, 2.24) is 9.38 Å². The molecule has 3 N–H and O–H groups in total. The predicted octanol–water partition coefficient (Wildman–Crippen LogP) is 2.41. The molecule has 1 aliphatic carbocycles. The molecule has 2 aromatic rings. The first kappa shape index (κ1) is 11.5. The molecule has 96 valence electrons. The van der Waals surface area contributed by atoms with E-state index in [0.29, 0.717) is 6.54 Å². The van der Waals surface area contributed by atoms with E-state index in [1.54, 1.807) is 0 Å². The maximum atomic E-state index is 6.02. The lowest BCUT2D eigenvalue weighted by Crippen LogP contribution is -2.47. The Kier molecular flexibility index (Phi) is 2.96. The van der Waals surface area contributed by atoms with Gasteiger partial charge < -0.3 is 11.1 Å². The van der Waals surface area contributed by atoms with Crippen LogP contribution < -0.4 is 11.1 Å². The minimum Gasteiger partial charge on any atom is -0.364 e. The summed E-state index contributed by atoms with van der Waals surface area (Å²) in [5.74, 6) is 1.09. The van der Waals surface area contributed by atoms with Crippen molar-refractivity contribution in [3.05, 3.63) is 30.6 Å². The van der Waals surface area contributed by atoms with E-state index in [9.17, 15) is 0 Å². The summed E-state index contributed by atoms with van der Waals surface area (Å²) in [6.45, 7) is 0.693. The van der Waals surface area contributed by atoms with Crippen molar-refractivity contribution < 1.29 is 0 Å². The average molecular weight is 244 g/mol. The number of nitrogens with zero attached hydrogens (tertiary/aromatic N) is 2. The predicted molar refractivity (Wildman–Crippen MR) is 73.7 cm³/mol. The topological polar surface area (TPSA) is 55.3 Å². The van der Waals surface area contributed by atoms with Crippen LogP contribution in [-0.4, -0.2) is 21.5 Å². The van der Waals surface area contributed by atoms with E-state index in [4.69, 9.17) is 5.73 Å². The molecule has 2 heterocycles. The summed E-state index contributed by atoms with van der Waals surface area (Å²) in [7, 11) is 0. The molecular weight excluding hydrogens is 224 g/mol. The Morgan fingerprint density at radius 1 is 1.28 bits per heavy atom. The second-order valence-corrected chi connectivity index (χ2v) is 5.24. The van der Waals surface area contributed by atoms with Gasteiger partial charge in [-0.1, -0.05) is 25.3 Å². The van der Waals surface area contributed by atoms with Gasteiger partial charge in [0.2, 0.25) is 0 Å². The molecule has 0 unspecified atom stereocenters. The van der Waals surface area contributed by atoms with E-state index in [1.807, 2.05) is 24.5 Å². The van der Waals surface area contributed by atoms with Crippen LogP contribution in [0.15, 0.2) is 30.6 Å². The van der Waals surface area contributed by atoms with Crippen LogP contribution in [0.1, 0.15) is 32.1 Å². The molecule has 0 radical (unpaired) electrons. The highest BCUT2D eigenvalue weighted by molar-refractivity contribution is 5.51. The van der Waals surface area contributed by atoms with Gasteiger partial charge in [0.15, 0.2) is 0 Å². The minimum atomic E-state index is 0.0663. The van der Waals surface area contributed by atoms with Gasteiger partial charge in [-0.15, -0.1) is 0 Å². The third kappa shape index (κ3) is 1.97. The number of pyridine rings is 1. The first-order chi connectivity index (χ1) is 8.83. The lowest BCUT2D eigenvalue weighted by atomic mass is 9.81. The van der Waals surface area contributed by atoms with Crippen molar-refractivity contribution in [2.45, 2.75) is 37.6 Å². The van der Waals surface area contributed by atoms with Crippen molar-refractivity contribution in [3.8, 4) is 0 Å². The van der Waals surface area contributed by atoms with E-state index >= 15 is 0 Å². The van der Waals surface area contributed by atoms with Crippen LogP contribution >= 0.6 is 0 Å². The van der Waals surface area contributed by atoms with Crippen molar-refractivity contribution in [2.24, 2.45) is 5.73 Å². The van der Waals surface area contributed by atoms with Gasteiger partial charge >= 0.3 is 0 Å². The number of aromatic nitrogens is 2. The Morgan fingerprint density at radius 3 is 2.89 bits per heavy atom. The van der Waals surface area contributed by atoms with Gasteiger partial charge in [0, 0.05) is 18.9 Å². The van der Waals surface area contributed by atoms with Gasteiger partial charge in [-0.05, 0) is 25.0 Å². The summed E-state index contributed by atoms with van der Waals surface area (Å²) >= 11 is 0. The van der Waals surface area contributed by atoms with E-state index in [2.05, 4.69) is 20.8 Å². The van der Waals surface area contributed by atoms with Gasteiger partial charge in [-0.3, -0.25) is 4.40 Å². The average Bonchev–Trinajstić information content (AvgIpc) is 2.89. The van der Waals surface area contributed by atoms with Crippen LogP contribution in [0.2, 0.25) is 0 Å². The van der Waals surface area contributed by atoms with E-state index in [1.165, 1.54) is 19.3 Å². The Bertz CT molecular complexity index is 525. The number of hydrogen-bond donors (Lipinski definition) is 2. The maximum Gasteiger partial charge on any atom is 0.138 e. The molecule has 4 nitrogen and oxygen atoms in total. The fourth-order valence-corrected chi connectivity index (χ4v) is 2.93. The molecule has 0 spiro atoms. The monoisotopic (exact) mass is 244 g/mol. The van der Waals surface area contributed by atoms with Crippen LogP contribution in [0.3, 0.4) is 0 Å². The summed E-state index contributed by atoms with van der Waals surface area (Å²) in [6, 6.07) is 6.15. The van der Waals surface area contributed by atoms with Gasteiger partial charge in [0.25, 0.3) is 0 Å². The number of anilines is 1. The quantitative estimate of drug-likeness (QED) is 0.871. The number of hydrogen-bond acceptors (Lipinski definition) is 3. The minimum absolute atomic E-state index is 0.0663. The van der Waals surface area contributed by atoms with E-state index in [-0.39, 0.29) is 5.54 Å². The highest BCUT2D eigenvalue weighted by Crippen LogP contribution is 2.31. The molecule has 3 rings (SSSR count). The largest absolute Gasteiger partial charge is 0.364 e. The second-order valence-electron chi connectivity index (χ2n) is 5.24. The van der Waals surface area contributed by atoms with Gasteiger partial charge in [0.05, 0.1) is 5.54 Å². The zero-order valence-corrected chi connectivity index (χ0v) is 10.6. The first-order valence-electron chi connectivity index (χ1n) is 6.73. The molecule has 0 saturated heterocycles. The fourth-order valence-electron chi connectivity index (χ4n) is 2.93. The Hall–Kier alpha value is -1.55. The highest BCUT2D eigenvalue weighted by Gasteiger charge is 2.30. The molecule has 0 bridgehead atoms. The molecule has 1 saturated carbocycles. The number of fused-ring (bicyclic) bond motifs is 1. The molecule has 0 aromatic carbocycles. The molecular formula is C14H20N4. The molecule has 0 amide bonds. The summed E-state index contributed by atoms with van der Waals surface area (Å²) in [5.41, 5.74) is 7.06. The van der Waals surface area contributed by atoms with Crippen molar-refractivity contribution in [2.75, 3.05) is 11.9 Å². The maximum absolute atomic E-state index is 6.02. The summed E-state index contributed by atoms with van der Waals surface area (Å²) in [6.07, 6.45) is 10.0. The third-order valence-corrected chi connectivity index (χ3v) is 4.02. The van der Waals surface area contributed by atoms with Crippen LogP contribution in [-0.2, 0) is 0 Å². The van der Waals surface area contributed by atoms with Crippen molar-refractivity contribution >= 4 is 11.5 Å². The molecule has 0 atom stereocenters. The van der Waals surface area contributed by atoms with E-state index < -0.39 is 0 Å². The van der Waals surface area contributed by atoms with Crippen LogP contribution in [0.5, 0.6) is 0 Å². The molecule has 2 aromatic heterocycles. The number of nitrogens with one attached hydrogen (secondary N) is 1. The van der Waals surface area contributed by atoms with Crippen LogP contribution in [0, 0.1) is 0 Å².